The van der Waals surface area contributed by atoms with Gasteiger partial charge in [-0.15, -0.1) is 0 Å². The van der Waals surface area contributed by atoms with Gasteiger partial charge in [-0.1, -0.05) is 18.2 Å². The molecule has 0 aliphatic carbocycles. The van der Waals surface area contributed by atoms with Gasteiger partial charge in [0.25, 0.3) is 0 Å². The van der Waals surface area contributed by atoms with Crippen molar-refractivity contribution in [1.82, 2.24) is 5.32 Å². The third kappa shape index (κ3) is 2.99. The molecule has 17 heavy (non-hydrogen) atoms. The first-order valence-corrected chi connectivity index (χ1v) is 6.27. The minimum Gasteiger partial charge on any atom is -0.496 e. The monoisotopic (exact) mass is 235 g/mol. The minimum absolute atomic E-state index is 0.300. The molecule has 94 valence electrons. The standard InChI is InChI=1S/C14H21NO2/c1-15-13(10-11-6-5-9-17-11)12-7-3-4-8-14(12)16-2/h3-4,7-8,11,13,15H,5-6,9-10H2,1-2H3. The smallest absolute Gasteiger partial charge is 0.123 e. The van der Waals surface area contributed by atoms with Crippen molar-refractivity contribution >= 4 is 0 Å². The highest BCUT2D eigenvalue weighted by Gasteiger charge is 2.22. The zero-order valence-corrected chi connectivity index (χ0v) is 10.6. The number of rotatable bonds is 5. The van der Waals surface area contributed by atoms with Crippen molar-refractivity contribution in [3.8, 4) is 5.75 Å². The van der Waals surface area contributed by atoms with E-state index in [-0.39, 0.29) is 0 Å². The number of para-hydroxylation sites is 1. The summed E-state index contributed by atoms with van der Waals surface area (Å²) in [7, 11) is 3.71. The molecule has 3 nitrogen and oxygen atoms in total. The van der Waals surface area contributed by atoms with Gasteiger partial charge in [0.15, 0.2) is 0 Å². The van der Waals surface area contributed by atoms with E-state index in [9.17, 15) is 0 Å². The molecule has 1 saturated heterocycles. The second kappa shape index (κ2) is 6.03. The lowest BCUT2D eigenvalue weighted by Crippen LogP contribution is -2.22. The Morgan fingerprint density at radius 1 is 1.47 bits per heavy atom. The molecule has 1 heterocycles. The highest BCUT2D eigenvalue weighted by molar-refractivity contribution is 5.35. The molecular formula is C14H21NO2. The number of nitrogens with one attached hydrogen (secondary N) is 1. The fraction of sp³-hybridized carbons (Fsp3) is 0.571. The minimum atomic E-state index is 0.300. The van der Waals surface area contributed by atoms with Gasteiger partial charge in [0, 0.05) is 18.2 Å². The summed E-state index contributed by atoms with van der Waals surface area (Å²) < 4.78 is 11.1. The Morgan fingerprint density at radius 2 is 2.29 bits per heavy atom. The molecule has 1 fully saturated rings. The van der Waals surface area contributed by atoms with Crippen molar-refractivity contribution in [3.05, 3.63) is 29.8 Å². The van der Waals surface area contributed by atoms with E-state index in [1.165, 1.54) is 18.4 Å². The number of ether oxygens (including phenoxy) is 2. The van der Waals surface area contributed by atoms with Gasteiger partial charge >= 0.3 is 0 Å². The maximum Gasteiger partial charge on any atom is 0.123 e. The topological polar surface area (TPSA) is 30.5 Å². The van der Waals surface area contributed by atoms with Crippen LogP contribution in [0.15, 0.2) is 24.3 Å². The van der Waals surface area contributed by atoms with Crippen LogP contribution in [0, 0.1) is 0 Å². The maximum atomic E-state index is 5.70. The van der Waals surface area contributed by atoms with Crippen LogP contribution in [0.1, 0.15) is 30.9 Å². The van der Waals surface area contributed by atoms with Crippen LogP contribution in [0.4, 0.5) is 0 Å². The summed E-state index contributed by atoms with van der Waals surface area (Å²) in [5.74, 6) is 0.949. The molecule has 0 aromatic heterocycles. The Labute approximate surface area is 103 Å². The molecule has 0 spiro atoms. The van der Waals surface area contributed by atoms with Crippen LogP contribution in [-0.2, 0) is 4.74 Å². The molecule has 0 bridgehead atoms. The number of benzene rings is 1. The lowest BCUT2D eigenvalue weighted by atomic mass is 9.98. The predicted octanol–water partition coefficient (Wildman–Crippen LogP) is 2.52. The van der Waals surface area contributed by atoms with Crippen LogP contribution >= 0.6 is 0 Å². The van der Waals surface area contributed by atoms with Gasteiger partial charge in [-0.05, 0) is 32.4 Å². The third-order valence-corrected chi connectivity index (χ3v) is 3.39. The van der Waals surface area contributed by atoms with Crippen LogP contribution in [0.3, 0.4) is 0 Å². The Kier molecular flexibility index (Phi) is 4.40. The molecule has 2 unspecified atom stereocenters. The molecule has 1 aromatic rings. The van der Waals surface area contributed by atoms with Gasteiger partial charge < -0.3 is 14.8 Å². The molecule has 1 N–H and O–H groups in total. The van der Waals surface area contributed by atoms with Gasteiger partial charge in [-0.3, -0.25) is 0 Å². The maximum absolute atomic E-state index is 5.70. The number of hydrogen-bond donors (Lipinski definition) is 1. The van der Waals surface area contributed by atoms with E-state index in [0.29, 0.717) is 12.1 Å². The van der Waals surface area contributed by atoms with Crippen molar-refractivity contribution < 1.29 is 9.47 Å². The summed E-state index contributed by atoms with van der Waals surface area (Å²) in [5, 5.41) is 3.36. The Balaban J connectivity index is 2.10. The van der Waals surface area contributed by atoms with E-state index < -0.39 is 0 Å². The highest BCUT2D eigenvalue weighted by Crippen LogP contribution is 2.30. The highest BCUT2D eigenvalue weighted by atomic mass is 16.5. The third-order valence-electron chi connectivity index (χ3n) is 3.39. The molecule has 2 rings (SSSR count). The number of hydrogen-bond acceptors (Lipinski definition) is 3. The molecule has 0 saturated carbocycles. The molecule has 2 atom stereocenters. The summed E-state index contributed by atoms with van der Waals surface area (Å²) in [6.07, 6.45) is 3.76. The van der Waals surface area contributed by atoms with Crippen LogP contribution in [0.2, 0.25) is 0 Å². The van der Waals surface area contributed by atoms with E-state index in [2.05, 4.69) is 17.4 Å². The summed E-state index contributed by atoms with van der Waals surface area (Å²) in [6, 6.07) is 8.48. The first-order valence-electron chi connectivity index (χ1n) is 6.27. The van der Waals surface area contributed by atoms with E-state index in [1.54, 1.807) is 7.11 Å². The SMILES string of the molecule is CNC(CC1CCCO1)c1ccccc1OC. The zero-order valence-electron chi connectivity index (χ0n) is 10.6. The van der Waals surface area contributed by atoms with Gasteiger partial charge in [-0.2, -0.15) is 0 Å². The van der Waals surface area contributed by atoms with E-state index in [0.717, 1.165) is 18.8 Å². The molecule has 0 radical (unpaired) electrons. The first-order chi connectivity index (χ1) is 8.35. The van der Waals surface area contributed by atoms with Crippen LogP contribution < -0.4 is 10.1 Å². The fourth-order valence-corrected chi connectivity index (χ4v) is 2.45. The van der Waals surface area contributed by atoms with E-state index in [4.69, 9.17) is 9.47 Å². The quantitative estimate of drug-likeness (QED) is 0.850. The average molecular weight is 235 g/mol. The molecule has 0 amide bonds. The largest absolute Gasteiger partial charge is 0.496 e. The molecule has 1 aliphatic heterocycles. The summed E-state index contributed by atoms with van der Waals surface area (Å²) in [5.41, 5.74) is 1.22. The second-order valence-electron chi connectivity index (χ2n) is 4.45. The van der Waals surface area contributed by atoms with Crippen molar-refractivity contribution in [2.75, 3.05) is 20.8 Å². The average Bonchev–Trinajstić information content (AvgIpc) is 2.89. The fourth-order valence-electron chi connectivity index (χ4n) is 2.45. The number of methoxy groups -OCH3 is 1. The normalized spacial score (nSPS) is 21.4. The molecular weight excluding hydrogens is 214 g/mol. The molecule has 1 aromatic carbocycles. The summed E-state index contributed by atoms with van der Waals surface area (Å²) in [4.78, 5) is 0. The lowest BCUT2D eigenvalue weighted by molar-refractivity contribution is 0.0951. The van der Waals surface area contributed by atoms with Gasteiger partial charge in [-0.25, -0.2) is 0 Å². The van der Waals surface area contributed by atoms with E-state index >= 15 is 0 Å². The van der Waals surface area contributed by atoms with Gasteiger partial charge in [0.1, 0.15) is 5.75 Å². The molecule has 3 heteroatoms. The van der Waals surface area contributed by atoms with E-state index in [1.807, 2.05) is 19.2 Å². The van der Waals surface area contributed by atoms with Crippen molar-refractivity contribution in [3.63, 3.8) is 0 Å². The summed E-state index contributed by atoms with van der Waals surface area (Å²) in [6.45, 7) is 0.910. The van der Waals surface area contributed by atoms with Gasteiger partial charge in [0.2, 0.25) is 0 Å². The molecule has 1 aliphatic rings. The van der Waals surface area contributed by atoms with Crippen molar-refractivity contribution in [2.24, 2.45) is 0 Å². The Hall–Kier alpha value is -1.06. The first kappa shape index (κ1) is 12.4. The predicted molar refractivity (Wildman–Crippen MR) is 68.4 cm³/mol. The van der Waals surface area contributed by atoms with Crippen LogP contribution in [0.5, 0.6) is 5.75 Å². The van der Waals surface area contributed by atoms with Crippen molar-refractivity contribution in [2.45, 2.75) is 31.4 Å². The van der Waals surface area contributed by atoms with Crippen LogP contribution in [0.25, 0.3) is 0 Å². The second-order valence-corrected chi connectivity index (χ2v) is 4.45. The van der Waals surface area contributed by atoms with Crippen LogP contribution in [-0.4, -0.2) is 26.9 Å². The Morgan fingerprint density at radius 3 is 2.94 bits per heavy atom. The zero-order chi connectivity index (χ0) is 12.1. The Bertz CT molecular complexity index is 348. The van der Waals surface area contributed by atoms with Gasteiger partial charge in [0.05, 0.1) is 13.2 Å². The lowest BCUT2D eigenvalue weighted by Gasteiger charge is -2.22. The summed E-state index contributed by atoms with van der Waals surface area (Å²) >= 11 is 0. The van der Waals surface area contributed by atoms with Crippen molar-refractivity contribution in [1.29, 1.82) is 0 Å².